The number of carboxylic acid groups (broad SMARTS) is 1. The third-order valence-corrected chi connectivity index (χ3v) is 4.16. The van der Waals surface area contributed by atoms with Gasteiger partial charge in [0.15, 0.2) is 0 Å². The van der Waals surface area contributed by atoms with Crippen LogP contribution in [0.1, 0.15) is 39.5 Å². The summed E-state index contributed by atoms with van der Waals surface area (Å²) < 4.78 is 0. The van der Waals surface area contributed by atoms with Crippen LogP contribution < -0.4 is 5.32 Å². The van der Waals surface area contributed by atoms with E-state index in [1.807, 2.05) is 0 Å². The van der Waals surface area contributed by atoms with E-state index in [1.165, 1.54) is 32.6 Å². The van der Waals surface area contributed by atoms with Crippen molar-refractivity contribution >= 4 is 11.9 Å². The van der Waals surface area contributed by atoms with Crippen LogP contribution in [0.15, 0.2) is 11.1 Å². The van der Waals surface area contributed by atoms with Gasteiger partial charge in [0.25, 0.3) is 0 Å². The lowest BCUT2D eigenvalue weighted by Gasteiger charge is -2.15. The van der Waals surface area contributed by atoms with Crippen molar-refractivity contribution in [1.29, 1.82) is 0 Å². The third-order valence-electron chi connectivity index (χ3n) is 4.16. The van der Waals surface area contributed by atoms with Gasteiger partial charge in [0.1, 0.15) is 0 Å². The Morgan fingerprint density at radius 3 is 2.24 bits per heavy atom. The maximum Gasteiger partial charge on any atom is 0.331 e. The monoisotopic (exact) mass is 237 g/mol. The van der Waals surface area contributed by atoms with E-state index in [9.17, 15) is 9.59 Å². The Morgan fingerprint density at radius 2 is 1.82 bits per heavy atom. The molecule has 4 nitrogen and oxygen atoms in total. The Morgan fingerprint density at radius 1 is 1.24 bits per heavy atom. The SMILES string of the molecule is CC(C(=O)O)=C(C)C(=O)NCC1(C2CC2)CC1. The topological polar surface area (TPSA) is 66.4 Å². The van der Waals surface area contributed by atoms with Crippen molar-refractivity contribution in [2.24, 2.45) is 11.3 Å². The summed E-state index contributed by atoms with van der Waals surface area (Å²) in [4.78, 5) is 22.5. The van der Waals surface area contributed by atoms with E-state index in [2.05, 4.69) is 5.32 Å². The van der Waals surface area contributed by atoms with Crippen molar-refractivity contribution in [2.75, 3.05) is 6.54 Å². The highest BCUT2D eigenvalue weighted by atomic mass is 16.4. The summed E-state index contributed by atoms with van der Waals surface area (Å²) in [5.41, 5.74) is 0.787. The first-order chi connectivity index (χ1) is 7.96. The quantitative estimate of drug-likeness (QED) is 0.715. The van der Waals surface area contributed by atoms with Crippen LogP contribution in [0.3, 0.4) is 0 Å². The lowest BCUT2D eigenvalue weighted by molar-refractivity contribution is -0.133. The van der Waals surface area contributed by atoms with Crippen LogP contribution in [0.4, 0.5) is 0 Å². The molecule has 2 N–H and O–H groups in total. The Labute approximate surface area is 101 Å². The first kappa shape index (κ1) is 12.1. The molecule has 0 bridgehead atoms. The van der Waals surface area contributed by atoms with Gasteiger partial charge in [0, 0.05) is 17.7 Å². The second kappa shape index (κ2) is 4.17. The average Bonchev–Trinajstić information content (AvgIpc) is 3.15. The third kappa shape index (κ3) is 2.51. The van der Waals surface area contributed by atoms with Crippen LogP contribution in [-0.4, -0.2) is 23.5 Å². The molecule has 0 aliphatic heterocycles. The van der Waals surface area contributed by atoms with Gasteiger partial charge in [0.2, 0.25) is 5.91 Å². The average molecular weight is 237 g/mol. The Kier molecular flexibility index (Phi) is 2.98. The van der Waals surface area contributed by atoms with Crippen molar-refractivity contribution in [3.63, 3.8) is 0 Å². The molecule has 0 atom stereocenters. The van der Waals surface area contributed by atoms with Gasteiger partial charge in [-0.25, -0.2) is 4.79 Å². The van der Waals surface area contributed by atoms with E-state index in [-0.39, 0.29) is 11.5 Å². The maximum atomic E-state index is 11.8. The summed E-state index contributed by atoms with van der Waals surface area (Å²) in [7, 11) is 0. The highest BCUT2D eigenvalue weighted by Crippen LogP contribution is 2.60. The van der Waals surface area contributed by atoms with Crippen molar-refractivity contribution in [1.82, 2.24) is 5.32 Å². The van der Waals surface area contributed by atoms with Crippen LogP contribution in [0.25, 0.3) is 0 Å². The van der Waals surface area contributed by atoms with Gasteiger partial charge in [-0.15, -0.1) is 0 Å². The van der Waals surface area contributed by atoms with Crippen molar-refractivity contribution in [3.8, 4) is 0 Å². The van der Waals surface area contributed by atoms with Gasteiger partial charge in [-0.3, -0.25) is 4.79 Å². The van der Waals surface area contributed by atoms with Gasteiger partial charge < -0.3 is 10.4 Å². The molecule has 1 amide bonds. The van der Waals surface area contributed by atoms with Crippen molar-refractivity contribution in [2.45, 2.75) is 39.5 Å². The molecule has 0 unspecified atom stereocenters. The number of carbonyl (C=O) groups excluding carboxylic acids is 1. The van der Waals surface area contributed by atoms with Crippen LogP contribution in [0.5, 0.6) is 0 Å². The Hall–Kier alpha value is -1.32. The highest BCUT2D eigenvalue weighted by molar-refractivity contribution is 6.01. The summed E-state index contributed by atoms with van der Waals surface area (Å²) in [6.45, 7) is 3.74. The number of carboxylic acids is 1. The molecule has 0 aromatic carbocycles. The molecule has 2 fully saturated rings. The van der Waals surface area contributed by atoms with E-state index in [1.54, 1.807) is 6.92 Å². The summed E-state index contributed by atoms with van der Waals surface area (Å²) in [5.74, 6) is -0.467. The number of nitrogens with one attached hydrogen (secondary N) is 1. The lowest BCUT2D eigenvalue weighted by atomic mass is 10.0. The summed E-state index contributed by atoms with van der Waals surface area (Å²) >= 11 is 0. The standard InChI is InChI=1S/C13H19NO3/c1-8(9(2)12(16)17)11(15)14-7-13(5-6-13)10-3-4-10/h10H,3-7H2,1-2H3,(H,14,15)(H,16,17). The fourth-order valence-corrected chi connectivity index (χ4v) is 2.31. The van der Waals surface area contributed by atoms with E-state index in [4.69, 9.17) is 5.11 Å². The van der Waals surface area contributed by atoms with Crippen molar-refractivity contribution in [3.05, 3.63) is 11.1 Å². The largest absolute Gasteiger partial charge is 0.478 e. The van der Waals surface area contributed by atoms with E-state index < -0.39 is 5.97 Å². The number of carbonyl (C=O) groups is 2. The molecule has 0 spiro atoms. The molecule has 0 aromatic rings. The predicted molar refractivity (Wildman–Crippen MR) is 63.4 cm³/mol. The second-order valence-electron chi connectivity index (χ2n) is 5.37. The summed E-state index contributed by atoms with van der Waals surface area (Å²) in [6, 6.07) is 0. The number of aliphatic carboxylic acids is 1. The molecule has 17 heavy (non-hydrogen) atoms. The molecular formula is C13H19NO3. The van der Waals surface area contributed by atoms with E-state index >= 15 is 0 Å². The van der Waals surface area contributed by atoms with E-state index in [0.29, 0.717) is 17.5 Å². The van der Waals surface area contributed by atoms with Gasteiger partial charge in [-0.05, 0) is 50.9 Å². The van der Waals surface area contributed by atoms with Crippen LogP contribution >= 0.6 is 0 Å². The van der Waals surface area contributed by atoms with Crippen LogP contribution in [0.2, 0.25) is 0 Å². The highest BCUT2D eigenvalue weighted by Gasteiger charge is 2.53. The fraction of sp³-hybridized carbons (Fsp3) is 0.692. The first-order valence-electron chi connectivity index (χ1n) is 6.15. The van der Waals surface area contributed by atoms with Crippen molar-refractivity contribution < 1.29 is 14.7 Å². The Bertz CT molecular complexity index is 389. The molecule has 94 valence electrons. The smallest absolute Gasteiger partial charge is 0.331 e. The minimum absolute atomic E-state index is 0.124. The van der Waals surface area contributed by atoms with Gasteiger partial charge in [-0.1, -0.05) is 0 Å². The minimum atomic E-state index is -1.03. The molecule has 0 saturated heterocycles. The first-order valence-corrected chi connectivity index (χ1v) is 6.15. The van der Waals surface area contributed by atoms with Gasteiger partial charge >= 0.3 is 5.97 Å². The number of amides is 1. The molecule has 2 aliphatic carbocycles. The number of hydrogen-bond donors (Lipinski definition) is 2. The van der Waals surface area contributed by atoms with Gasteiger partial charge in [-0.2, -0.15) is 0 Å². The van der Waals surface area contributed by atoms with E-state index in [0.717, 1.165) is 5.92 Å². The maximum absolute atomic E-state index is 11.8. The number of rotatable bonds is 5. The zero-order chi connectivity index (χ0) is 12.6. The predicted octanol–water partition coefficient (Wildman–Crippen LogP) is 1.71. The van der Waals surface area contributed by atoms with Crippen LogP contribution in [-0.2, 0) is 9.59 Å². The lowest BCUT2D eigenvalue weighted by Crippen LogP contribution is -2.32. The molecular weight excluding hydrogens is 218 g/mol. The normalized spacial score (nSPS) is 22.7. The Balaban J connectivity index is 1.89. The molecule has 0 heterocycles. The molecule has 0 aromatic heterocycles. The summed E-state index contributed by atoms with van der Waals surface area (Å²) in [6.07, 6.45) is 4.99. The molecule has 0 radical (unpaired) electrons. The zero-order valence-corrected chi connectivity index (χ0v) is 10.4. The molecule has 2 rings (SSSR count). The minimum Gasteiger partial charge on any atom is -0.478 e. The molecule has 2 aliphatic rings. The number of hydrogen-bond acceptors (Lipinski definition) is 2. The summed E-state index contributed by atoms with van der Waals surface area (Å²) in [5, 5.41) is 11.7. The van der Waals surface area contributed by atoms with Crippen LogP contribution in [0, 0.1) is 11.3 Å². The molecule has 4 heteroatoms. The van der Waals surface area contributed by atoms with Gasteiger partial charge in [0.05, 0.1) is 0 Å². The zero-order valence-electron chi connectivity index (χ0n) is 10.4. The molecule has 2 saturated carbocycles. The fourth-order valence-electron chi connectivity index (χ4n) is 2.31. The second-order valence-corrected chi connectivity index (χ2v) is 5.37.